The number of rotatable bonds is 1. The second-order valence-corrected chi connectivity index (χ2v) is 1.35. The normalized spacial score (nSPS) is 7.00. The van der Waals surface area contributed by atoms with Crippen LogP contribution in [0.2, 0.25) is 0 Å². The van der Waals surface area contributed by atoms with Crippen molar-refractivity contribution < 1.29 is 0 Å². The number of hydrogen-bond acceptors (Lipinski definition) is 0. The highest BCUT2D eigenvalue weighted by atomic mass is 13.7. The lowest BCUT2D eigenvalue weighted by molar-refractivity contribution is 1.50. The van der Waals surface area contributed by atoms with Gasteiger partial charge in [0.1, 0.15) is 0 Å². The lowest BCUT2D eigenvalue weighted by Gasteiger charge is -1.75. The molecular weight excluding hydrogens is 120 g/mol. The molecule has 0 amide bonds. The Morgan fingerprint density at radius 2 is 1.40 bits per heavy atom. The largest absolute Gasteiger partial charge is 0.0961 e. The maximum Gasteiger partial charge on any atom is -0.0404 e. The van der Waals surface area contributed by atoms with Crippen LogP contribution in [-0.2, 0) is 0 Å². The molecule has 0 heteroatoms. The highest BCUT2D eigenvalue weighted by Gasteiger charge is 1.63. The molecule has 0 aromatic rings. The molecule has 0 aromatic heterocycles. The third kappa shape index (κ3) is 51.1. The molecule has 0 aliphatic heterocycles. The van der Waals surface area contributed by atoms with E-state index in [1.165, 1.54) is 0 Å². The predicted molar refractivity (Wildman–Crippen MR) is 52.3 cm³/mol. The Labute approximate surface area is 66.7 Å². The molecule has 0 fully saturated rings. The van der Waals surface area contributed by atoms with E-state index in [0.29, 0.717) is 0 Å². The zero-order valence-electron chi connectivity index (χ0n) is 8.36. The fourth-order valence-corrected chi connectivity index (χ4v) is 0.285. The Morgan fingerprint density at radius 3 is 1.40 bits per heavy atom. The summed E-state index contributed by atoms with van der Waals surface area (Å²) in [6.07, 6.45) is 3.95. The first kappa shape index (κ1) is 16.2. The topological polar surface area (TPSA) is 0 Å². The van der Waals surface area contributed by atoms with E-state index in [1.807, 2.05) is 53.7 Å². The standard InChI is InChI=1S/C6H10.2C2H6/c1-4-5-6(2)3;2*1-2/h4-5H,2H2,1,3H3;2*1-2H3/b5-4-;;. The molecule has 0 aromatic carbocycles. The van der Waals surface area contributed by atoms with Crippen LogP contribution >= 0.6 is 0 Å². The van der Waals surface area contributed by atoms with Crippen molar-refractivity contribution in [3.05, 3.63) is 24.3 Å². The van der Waals surface area contributed by atoms with Gasteiger partial charge in [-0.05, 0) is 13.8 Å². The summed E-state index contributed by atoms with van der Waals surface area (Å²) in [5.41, 5.74) is 1.11. The van der Waals surface area contributed by atoms with Crippen LogP contribution in [0.3, 0.4) is 0 Å². The Kier molecular flexibility index (Phi) is 38.4. The van der Waals surface area contributed by atoms with Crippen molar-refractivity contribution in [1.82, 2.24) is 0 Å². The first-order valence-electron chi connectivity index (χ1n) is 4.05. The first-order chi connectivity index (χ1) is 4.77. The van der Waals surface area contributed by atoms with Crippen LogP contribution in [0, 0.1) is 0 Å². The fourth-order valence-electron chi connectivity index (χ4n) is 0.285. The Morgan fingerprint density at radius 1 is 1.10 bits per heavy atom. The highest BCUT2D eigenvalue weighted by Crippen LogP contribution is 1.85. The van der Waals surface area contributed by atoms with Gasteiger partial charge in [-0.25, -0.2) is 0 Å². The molecule has 0 N–H and O–H groups in total. The molecule has 0 aliphatic carbocycles. The molecule has 0 saturated carbocycles. The number of allylic oxidation sites excluding steroid dienone is 3. The van der Waals surface area contributed by atoms with Gasteiger partial charge in [0.25, 0.3) is 0 Å². The minimum atomic E-state index is 1.11. The Bertz CT molecular complexity index is 68.1. The van der Waals surface area contributed by atoms with E-state index < -0.39 is 0 Å². The van der Waals surface area contributed by atoms with Crippen LogP contribution < -0.4 is 0 Å². The summed E-state index contributed by atoms with van der Waals surface area (Å²) < 4.78 is 0. The van der Waals surface area contributed by atoms with E-state index in [-0.39, 0.29) is 0 Å². The maximum absolute atomic E-state index is 3.66. The van der Waals surface area contributed by atoms with Gasteiger partial charge >= 0.3 is 0 Å². The molecule has 0 spiro atoms. The molecule has 0 radical (unpaired) electrons. The Balaban J connectivity index is -0.000000105. The van der Waals surface area contributed by atoms with E-state index >= 15 is 0 Å². The average Bonchev–Trinajstić information content (AvgIpc) is 1.96. The van der Waals surface area contributed by atoms with Gasteiger partial charge in [0.15, 0.2) is 0 Å². The van der Waals surface area contributed by atoms with Crippen LogP contribution in [0.4, 0.5) is 0 Å². The van der Waals surface area contributed by atoms with Gasteiger partial charge in [0.2, 0.25) is 0 Å². The molecule has 0 bridgehead atoms. The van der Waals surface area contributed by atoms with Crippen LogP contribution in [0.25, 0.3) is 0 Å². The second-order valence-electron chi connectivity index (χ2n) is 1.35. The molecule has 0 rings (SSSR count). The summed E-state index contributed by atoms with van der Waals surface area (Å²) >= 11 is 0. The third-order valence-corrected chi connectivity index (χ3v) is 0.451. The molecule has 10 heavy (non-hydrogen) atoms. The first-order valence-corrected chi connectivity index (χ1v) is 4.05. The zero-order chi connectivity index (χ0) is 8.99. The minimum absolute atomic E-state index is 1.11. The summed E-state index contributed by atoms with van der Waals surface area (Å²) in [7, 11) is 0. The Hall–Kier alpha value is -0.520. The SMILES string of the molecule is C=C(C)/C=C\C.CC.CC. The van der Waals surface area contributed by atoms with Crippen LogP contribution in [-0.4, -0.2) is 0 Å². The third-order valence-electron chi connectivity index (χ3n) is 0.451. The van der Waals surface area contributed by atoms with Crippen LogP contribution in [0.15, 0.2) is 24.3 Å². The fraction of sp³-hybridized carbons (Fsp3) is 0.600. The van der Waals surface area contributed by atoms with E-state index in [9.17, 15) is 0 Å². The van der Waals surface area contributed by atoms with Crippen molar-refractivity contribution in [1.29, 1.82) is 0 Å². The van der Waals surface area contributed by atoms with Crippen molar-refractivity contribution in [2.75, 3.05) is 0 Å². The summed E-state index contributed by atoms with van der Waals surface area (Å²) in [6.45, 7) is 15.6. The molecule has 0 atom stereocenters. The quantitative estimate of drug-likeness (QED) is 0.481. The van der Waals surface area contributed by atoms with Crippen molar-refractivity contribution in [3.63, 3.8) is 0 Å². The molecule has 0 saturated heterocycles. The monoisotopic (exact) mass is 142 g/mol. The van der Waals surface area contributed by atoms with Crippen molar-refractivity contribution in [2.45, 2.75) is 41.5 Å². The molecule has 0 nitrogen and oxygen atoms in total. The zero-order valence-corrected chi connectivity index (χ0v) is 8.36. The maximum atomic E-state index is 3.66. The number of hydrogen-bond donors (Lipinski definition) is 0. The summed E-state index contributed by atoms with van der Waals surface area (Å²) in [4.78, 5) is 0. The average molecular weight is 142 g/mol. The van der Waals surface area contributed by atoms with Crippen molar-refractivity contribution >= 4 is 0 Å². The molecule has 0 heterocycles. The summed E-state index contributed by atoms with van der Waals surface area (Å²) in [6, 6.07) is 0. The lowest BCUT2D eigenvalue weighted by atomic mass is 10.3. The van der Waals surface area contributed by atoms with Gasteiger partial charge in [0, 0.05) is 0 Å². The van der Waals surface area contributed by atoms with Gasteiger partial charge in [0.05, 0.1) is 0 Å². The van der Waals surface area contributed by atoms with Crippen LogP contribution in [0.5, 0.6) is 0 Å². The van der Waals surface area contributed by atoms with E-state index in [4.69, 9.17) is 0 Å². The smallest absolute Gasteiger partial charge is 0.0404 e. The van der Waals surface area contributed by atoms with Crippen molar-refractivity contribution in [3.8, 4) is 0 Å². The van der Waals surface area contributed by atoms with Gasteiger partial charge in [-0.1, -0.05) is 52.0 Å². The molecule has 0 unspecified atom stereocenters. The molecule has 62 valence electrons. The van der Waals surface area contributed by atoms with E-state index in [0.717, 1.165) is 5.57 Å². The second kappa shape index (κ2) is 23.6. The van der Waals surface area contributed by atoms with Gasteiger partial charge in [-0.15, -0.1) is 0 Å². The molecular formula is C10H22. The van der Waals surface area contributed by atoms with E-state index in [1.54, 1.807) is 0 Å². The van der Waals surface area contributed by atoms with Gasteiger partial charge in [-0.2, -0.15) is 0 Å². The highest BCUT2D eigenvalue weighted by molar-refractivity contribution is 5.09. The van der Waals surface area contributed by atoms with Crippen molar-refractivity contribution in [2.24, 2.45) is 0 Å². The minimum Gasteiger partial charge on any atom is -0.0961 e. The van der Waals surface area contributed by atoms with Gasteiger partial charge in [-0.3, -0.25) is 0 Å². The predicted octanol–water partition coefficient (Wildman–Crippen LogP) is 4.19. The van der Waals surface area contributed by atoms with Gasteiger partial charge < -0.3 is 0 Å². The summed E-state index contributed by atoms with van der Waals surface area (Å²) in [5, 5.41) is 0. The molecule has 0 aliphatic rings. The van der Waals surface area contributed by atoms with Crippen LogP contribution in [0.1, 0.15) is 41.5 Å². The van der Waals surface area contributed by atoms with E-state index in [2.05, 4.69) is 6.58 Å². The summed E-state index contributed by atoms with van der Waals surface area (Å²) in [5.74, 6) is 0. The lowest BCUT2D eigenvalue weighted by Crippen LogP contribution is -1.54.